The first-order valence-corrected chi connectivity index (χ1v) is 6.37. The first kappa shape index (κ1) is 12.7. The van der Waals surface area contributed by atoms with Gasteiger partial charge in [-0.25, -0.2) is 0 Å². The third-order valence-corrected chi connectivity index (χ3v) is 3.81. The maximum atomic E-state index is 10.9. The van der Waals surface area contributed by atoms with Crippen LogP contribution < -0.4 is 0 Å². The van der Waals surface area contributed by atoms with Crippen molar-refractivity contribution in [1.82, 2.24) is 4.90 Å². The average Bonchev–Trinajstić information content (AvgIpc) is 2.51. The Bertz CT molecular complexity index is 340. The zero-order valence-corrected chi connectivity index (χ0v) is 11.1. The fraction of sp³-hybridized carbons (Fsp3) is 0.500. The summed E-state index contributed by atoms with van der Waals surface area (Å²) in [6.45, 7) is 2.56. The van der Waals surface area contributed by atoms with Gasteiger partial charge in [0.1, 0.15) is 6.04 Å². The summed E-state index contributed by atoms with van der Waals surface area (Å²) in [7, 11) is 1.84. The second-order valence-corrected chi connectivity index (χ2v) is 5.73. The maximum Gasteiger partial charge on any atom is 0.320 e. The lowest BCUT2D eigenvalue weighted by atomic mass is 10.2. The van der Waals surface area contributed by atoms with Crippen molar-refractivity contribution in [2.24, 2.45) is 0 Å². The van der Waals surface area contributed by atoms with E-state index in [4.69, 9.17) is 5.11 Å². The highest BCUT2D eigenvalue weighted by molar-refractivity contribution is 9.11. The number of carboxylic acid groups (broad SMARTS) is 1. The Labute approximate surface area is 102 Å². The van der Waals surface area contributed by atoms with E-state index in [2.05, 4.69) is 15.9 Å². The van der Waals surface area contributed by atoms with Gasteiger partial charge < -0.3 is 5.11 Å². The van der Waals surface area contributed by atoms with Gasteiger partial charge in [0.05, 0.1) is 3.79 Å². The van der Waals surface area contributed by atoms with Crippen LogP contribution in [-0.2, 0) is 11.3 Å². The van der Waals surface area contributed by atoms with Crippen LogP contribution in [0.25, 0.3) is 0 Å². The molecule has 1 atom stereocenters. The molecule has 0 aliphatic heterocycles. The number of likely N-dealkylation sites (N-methyl/N-ethyl adjacent to an activating group) is 1. The number of thiophene rings is 1. The molecule has 1 N–H and O–H groups in total. The van der Waals surface area contributed by atoms with Crippen LogP contribution >= 0.6 is 27.3 Å². The van der Waals surface area contributed by atoms with E-state index in [9.17, 15) is 4.79 Å². The Morgan fingerprint density at radius 3 is 2.80 bits per heavy atom. The SMILES string of the molecule is CC[C@H](C(=O)O)N(C)Cc1csc(Br)c1. The van der Waals surface area contributed by atoms with E-state index in [1.165, 1.54) is 0 Å². The largest absolute Gasteiger partial charge is 0.480 e. The number of nitrogens with zero attached hydrogens (tertiary/aromatic N) is 1. The molecule has 0 aromatic carbocycles. The number of hydrogen-bond acceptors (Lipinski definition) is 3. The van der Waals surface area contributed by atoms with Gasteiger partial charge in [0.2, 0.25) is 0 Å². The van der Waals surface area contributed by atoms with Gasteiger partial charge in [0.15, 0.2) is 0 Å². The van der Waals surface area contributed by atoms with Gasteiger partial charge in [-0.15, -0.1) is 11.3 Å². The van der Waals surface area contributed by atoms with Gasteiger partial charge in [0.25, 0.3) is 0 Å². The number of hydrogen-bond donors (Lipinski definition) is 1. The van der Waals surface area contributed by atoms with E-state index in [0.717, 1.165) is 9.35 Å². The molecule has 1 aromatic heterocycles. The Morgan fingerprint density at radius 1 is 1.73 bits per heavy atom. The molecule has 5 heteroatoms. The monoisotopic (exact) mass is 291 g/mol. The van der Waals surface area contributed by atoms with Crippen molar-refractivity contribution in [3.8, 4) is 0 Å². The fourth-order valence-electron chi connectivity index (χ4n) is 1.50. The number of halogens is 1. The lowest BCUT2D eigenvalue weighted by Gasteiger charge is -2.22. The van der Waals surface area contributed by atoms with Crippen LogP contribution in [-0.4, -0.2) is 29.1 Å². The van der Waals surface area contributed by atoms with Crippen LogP contribution in [0.4, 0.5) is 0 Å². The molecule has 0 saturated carbocycles. The molecule has 0 unspecified atom stereocenters. The van der Waals surface area contributed by atoms with Crippen molar-refractivity contribution >= 4 is 33.2 Å². The molecule has 0 amide bonds. The van der Waals surface area contributed by atoms with Crippen molar-refractivity contribution in [1.29, 1.82) is 0 Å². The second-order valence-electron chi connectivity index (χ2n) is 3.44. The van der Waals surface area contributed by atoms with E-state index < -0.39 is 12.0 Å². The number of carbonyl (C=O) groups is 1. The predicted molar refractivity (Wildman–Crippen MR) is 65.2 cm³/mol. The smallest absolute Gasteiger partial charge is 0.320 e. The topological polar surface area (TPSA) is 40.5 Å². The lowest BCUT2D eigenvalue weighted by Crippen LogP contribution is -2.37. The molecule has 0 radical (unpaired) electrons. The molecule has 0 saturated heterocycles. The van der Waals surface area contributed by atoms with Gasteiger partial charge >= 0.3 is 5.97 Å². The quantitative estimate of drug-likeness (QED) is 0.907. The Morgan fingerprint density at radius 2 is 2.40 bits per heavy atom. The highest BCUT2D eigenvalue weighted by atomic mass is 79.9. The summed E-state index contributed by atoms with van der Waals surface area (Å²) >= 11 is 5.01. The Balaban J connectivity index is 2.61. The third kappa shape index (κ3) is 3.59. The normalized spacial score (nSPS) is 13.1. The average molecular weight is 292 g/mol. The van der Waals surface area contributed by atoms with Crippen molar-refractivity contribution < 1.29 is 9.90 Å². The molecule has 0 spiro atoms. The standard InChI is InChI=1S/C10H14BrNO2S/c1-3-8(10(13)14)12(2)5-7-4-9(11)15-6-7/h4,6,8H,3,5H2,1-2H3,(H,13,14)/t8-/m1/s1. The molecule has 0 bridgehead atoms. The lowest BCUT2D eigenvalue weighted by molar-refractivity contribution is -0.143. The van der Waals surface area contributed by atoms with Crippen molar-refractivity contribution in [3.05, 3.63) is 20.8 Å². The van der Waals surface area contributed by atoms with Crippen LogP contribution in [0, 0.1) is 0 Å². The molecular weight excluding hydrogens is 278 g/mol. The zero-order valence-electron chi connectivity index (χ0n) is 8.74. The first-order valence-electron chi connectivity index (χ1n) is 4.70. The second kappa shape index (κ2) is 5.63. The van der Waals surface area contributed by atoms with Crippen LogP contribution in [0.15, 0.2) is 15.2 Å². The van der Waals surface area contributed by atoms with Gasteiger partial charge in [-0.05, 0) is 46.4 Å². The van der Waals surface area contributed by atoms with E-state index in [-0.39, 0.29) is 0 Å². The molecule has 1 aromatic rings. The highest BCUT2D eigenvalue weighted by Crippen LogP contribution is 2.22. The highest BCUT2D eigenvalue weighted by Gasteiger charge is 2.20. The van der Waals surface area contributed by atoms with E-state index in [0.29, 0.717) is 13.0 Å². The molecule has 0 aliphatic carbocycles. The fourth-order valence-corrected chi connectivity index (χ4v) is 2.70. The minimum Gasteiger partial charge on any atom is -0.480 e. The number of carboxylic acids is 1. The summed E-state index contributed by atoms with van der Waals surface area (Å²) in [4.78, 5) is 12.8. The van der Waals surface area contributed by atoms with E-state index in [1.54, 1.807) is 11.3 Å². The summed E-state index contributed by atoms with van der Waals surface area (Å²) in [5, 5.41) is 11.0. The van der Waals surface area contributed by atoms with Gasteiger partial charge in [-0.3, -0.25) is 9.69 Å². The van der Waals surface area contributed by atoms with Gasteiger partial charge in [-0.1, -0.05) is 6.92 Å². The Hall–Kier alpha value is -0.390. The molecular formula is C10H14BrNO2S. The summed E-state index contributed by atoms with van der Waals surface area (Å²) < 4.78 is 1.08. The molecule has 15 heavy (non-hydrogen) atoms. The maximum absolute atomic E-state index is 10.9. The number of rotatable bonds is 5. The van der Waals surface area contributed by atoms with Crippen LogP contribution in [0.5, 0.6) is 0 Å². The van der Waals surface area contributed by atoms with Crippen LogP contribution in [0.3, 0.4) is 0 Å². The Kier molecular flexibility index (Phi) is 4.76. The van der Waals surface area contributed by atoms with Crippen molar-refractivity contribution in [2.75, 3.05) is 7.05 Å². The summed E-state index contributed by atoms with van der Waals surface area (Å²) in [5.74, 6) is -0.755. The van der Waals surface area contributed by atoms with E-state index in [1.807, 2.05) is 30.3 Å². The molecule has 1 heterocycles. The zero-order chi connectivity index (χ0) is 11.4. The molecule has 0 aliphatic rings. The summed E-state index contributed by atoms with van der Waals surface area (Å²) in [5.41, 5.74) is 1.15. The van der Waals surface area contributed by atoms with Crippen molar-refractivity contribution in [2.45, 2.75) is 25.9 Å². The van der Waals surface area contributed by atoms with Gasteiger partial charge in [-0.2, -0.15) is 0 Å². The first-order chi connectivity index (χ1) is 7.04. The molecule has 3 nitrogen and oxygen atoms in total. The summed E-state index contributed by atoms with van der Waals surface area (Å²) in [6, 6.07) is 1.62. The minimum atomic E-state index is -0.755. The molecule has 84 valence electrons. The van der Waals surface area contributed by atoms with E-state index >= 15 is 0 Å². The minimum absolute atomic E-state index is 0.399. The van der Waals surface area contributed by atoms with Crippen molar-refractivity contribution in [3.63, 3.8) is 0 Å². The third-order valence-electron chi connectivity index (χ3n) is 2.26. The van der Waals surface area contributed by atoms with Gasteiger partial charge in [0, 0.05) is 6.54 Å². The molecule has 0 fully saturated rings. The summed E-state index contributed by atoms with van der Waals surface area (Å²) in [6.07, 6.45) is 0.622. The predicted octanol–water partition coefficient (Wildman–Crippen LogP) is 2.81. The van der Waals surface area contributed by atoms with Crippen LogP contribution in [0.2, 0.25) is 0 Å². The van der Waals surface area contributed by atoms with Crippen LogP contribution in [0.1, 0.15) is 18.9 Å². The molecule has 1 rings (SSSR count). The number of aliphatic carboxylic acids is 1.